The number of hydrogen-bond donors (Lipinski definition) is 3. The average Bonchev–Trinajstić information content (AvgIpc) is 3.05. The molecule has 0 aliphatic heterocycles. The zero-order valence-electron chi connectivity index (χ0n) is 14.0. The van der Waals surface area contributed by atoms with E-state index in [0.29, 0.717) is 11.6 Å². The summed E-state index contributed by atoms with van der Waals surface area (Å²) in [6.45, 7) is 0. The van der Waals surface area contributed by atoms with Gasteiger partial charge in [-0.15, -0.1) is 5.10 Å². The lowest BCUT2D eigenvalue weighted by molar-refractivity contribution is 0.631. The Hall–Kier alpha value is -4.01. The van der Waals surface area contributed by atoms with Crippen molar-refractivity contribution in [3.8, 4) is 5.82 Å². The molecule has 0 aliphatic carbocycles. The molecule has 0 aliphatic rings. The van der Waals surface area contributed by atoms with Crippen LogP contribution in [0.15, 0.2) is 67.0 Å². The Bertz CT molecular complexity index is 1060. The molecule has 4 N–H and O–H groups in total. The predicted molar refractivity (Wildman–Crippen MR) is 101 cm³/mol. The zero-order chi connectivity index (χ0) is 18.6. The number of rotatable bonds is 5. The third-order valence-electron chi connectivity index (χ3n) is 3.67. The first-order chi connectivity index (χ1) is 13.2. The van der Waals surface area contributed by atoms with Crippen LogP contribution >= 0.6 is 0 Å². The summed E-state index contributed by atoms with van der Waals surface area (Å²) in [7, 11) is 0. The van der Waals surface area contributed by atoms with Crippen LogP contribution in [0.25, 0.3) is 5.82 Å². The van der Waals surface area contributed by atoms with Crippen LogP contribution in [0.4, 0.5) is 33.5 Å². The number of nitrogen functional groups attached to an aromatic ring is 1. The van der Waals surface area contributed by atoms with E-state index >= 15 is 0 Å². The van der Waals surface area contributed by atoms with E-state index < -0.39 is 5.82 Å². The van der Waals surface area contributed by atoms with Gasteiger partial charge in [-0.25, -0.2) is 14.4 Å². The van der Waals surface area contributed by atoms with Crippen LogP contribution in [0.2, 0.25) is 0 Å². The molecule has 0 atom stereocenters. The summed E-state index contributed by atoms with van der Waals surface area (Å²) in [6, 6.07) is 17.5. The molecule has 0 spiro atoms. The van der Waals surface area contributed by atoms with Gasteiger partial charge in [-0.05, 0) is 24.3 Å². The Morgan fingerprint density at radius 3 is 2.52 bits per heavy atom. The second-order valence-electron chi connectivity index (χ2n) is 5.56. The van der Waals surface area contributed by atoms with Crippen LogP contribution in [0, 0.1) is 5.82 Å². The van der Waals surface area contributed by atoms with Gasteiger partial charge in [0.15, 0.2) is 5.82 Å². The van der Waals surface area contributed by atoms with Crippen molar-refractivity contribution in [3.63, 3.8) is 0 Å². The minimum atomic E-state index is -0.413. The van der Waals surface area contributed by atoms with Crippen LogP contribution in [0.3, 0.4) is 0 Å². The molecule has 4 aromatic rings. The van der Waals surface area contributed by atoms with E-state index in [4.69, 9.17) is 5.73 Å². The fourth-order valence-corrected chi connectivity index (χ4v) is 2.43. The lowest BCUT2D eigenvalue weighted by atomic mass is 10.3. The van der Waals surface area contributed by atoms with E-state index in [9.17, 15) is 4.39 Å². The smallest absolute Gasteiger partial charge is 0.248 e. The number of halogens is 1. The quantitative estimate of drug-likeness (QED) is 0.500. The number of anilines is 5. The Balaban J connectivity index is 1.59. The molecule has 2 heterocycles. The molecule has 0 saturated carbocycles. The van der Waals surface area contributed by atoms with Crippen LogP contribution in [0.5, 0.6) is 0 Å². The summed E-state index contributed by atoms with van der Waals surface area (Å²) in [5.74, 6) is 0.857. The standard InChI is InChI=1S/C18H15FN8/c19-13-8-4-5-9-14(13)24-18-25-17(20)27(26-18)16-10-15(21-11-22-16)23-12-6-2-1-3-7-12/h1-11H,(H,21,22,23)(H3,20,24,25,26). The molecule has 2 aromatic carbocycles. The minimum Gasteiger partial charge on any atom is -0.368 e. The second kappa shape index (κ2) is 7.08. The van der Waals surface area contributed by atoms with E-state index in [2.05, 4.69) is 30.7 Å². The Labute approximate surface area is 153 Å². The number of nitrogens with two attached hydrogens (primary N) is 1. The predicted octanol–water partition coefficient (Wildman–Crippen LogP) is 3.27. The normalized spacial score (nSPS) is 10.6. The topological polar surface area (TPSA) is 107 Å². The lowest BCUT2D eigenvalue weighted by Gasteiger charge is -2.07. The number of para-hydroxylation sites is 2. The van der Waals surface area contributed by atoms with Gasteiger partial charge in [-0.3, -0.25) is 0 Å². The maximum Gasteiger partial charge on any atom is 0.248 e. The summed E-state index contributed by atoms with van der Waals surface area (Å²) >= 11 is 0. The number of nitrogens with one attached hydrogen (secondary N) is 2. The van der Waals surface area contributed by atoms with Gasteiger partial charge in [0.05, 0.1) is 5.69 Å². The fraction of sp³-hybridized carbons (Fsp3) is 0. The summed E-state index contributed by atoms with van der Waals surface area (Å²) in [5, 5.41) is 10.2. The van der Waals surface area contributed by atoms with Crippen LogP contribution in [-0.4, -0.2) is 24.7 Å². The zero-order valence-corrected chi connectivity index (χ0v) is 14.0. The maximum absolute atomic E-state index is 13.8. The van der Waals surface area contributed by atoms with E-state index in [1.807, 2.05) is 30.3 Å². The van der Waals surface area contributed by atoms with Gasteiger partial charge in [0.2, 0.25) is 11.9 Å². The first kappa shape index (κ1) is 16.5. The second-order valence-corrected chi connectivity index (χ2v) is 5.56. The molecule has 0 amide bonds. The molecule has 0 fully saturated rings. The third kappa shape index (κ3) is 3.66. The molecule has 8 nitrogen and oxygen atoms in total. The van der Waals surface area contributed by atoms with Crippen molar-refractivity contribution in [2.24, 2.45) is 0 Å². The van der Waals surface area contributed by atoms with Crippen molar-refractivity contribution in [2.45, 2.75) is 0 Å². The highest BCUT2D eigenvalue weighted by atomic mass is 19.1. The van der Waals surface area contributed by atoms with Gasteiger partial charge < -0.3 is 16.4 Å². The van der Waals surface area contributed by atoms with Crippen LogP contribution < -0.4 is 16.4 Å². The molecule has 27 heavy (non-hydrogen) atoms. The van der Waals surface area contributed by atoms with Crippen molar-refractivity contribution in [3.05, 3.63) is 72.8 Å². The molecular weight excluding hydrogens is 347 g/mol. The Morgan fingerprint density at radius 2 is 1.70 bits per heavy atom. The lowest BCUT2D eigenvalue weighted by Crippen LogP contribution is -2.06. The highest BCUT2D eigenvalue weighted by molar-refractivity contribution is 5.58. The summed E-state index contributed by atoms with van der Waals surface area (Å²) < 4.78 is 15.1. The molecule has 9 heteroatoms. The van der Waals surface area contributed by atoms with Gasteiger partial charge in [0.1, 0.15) is 18.0 Å². The molecule has 4 rings (SSSR count). The first-order valence-corrected chi connectivity index (χ1v) is 8.07. The average molecular weight is 362 g/mol. The Kier molecular flexibility index (Phi) is 4.32. The highest BCUT2D eigenvalue weighted by Crippen LogP contribution is 2.20. The van der Waals surface area contributed by atoms with Crippen LogP contribution in [0.1, 0.15) is 0 Å². The molecule has 0 saturated heterocycles. The van der Waals surface area contributed by atoms with Gasteiger partial charge in [0, 0.05) is 11.8 Å². The van der Waals surface area contributed by atoms with Crippen molar-refractivity contribution < 1.29 is 4.39 Å². The van der Waals surface area contributed by atoms with E-state index in [0.717, 1.165) is 5.69 Å². The molecule has 0 bridgehead atoms. The highest BCUT2D eigenvalue weighted by Gasteiger charge is 2.12. The molecular formula is C18H15FN8. The minimum absolute atomic E-state index is 0.109. The summed E-state index contributed by atoms with van der Waals surface area (Å²) in [6.07, 6.45) is 1.39. The van der Waals surface area contributed by atoms with Crippen molar-refractivity contribution in [2.75, 3.05) is 16.4 Å². The van der Waals surface area contributed by atoms with E-state index in [1.54, 1.807) is 24.3 Å². The van der Waals surface area contributed by atoms with E-state index in [1.165, 1.54) is 17.1 Å². The summed E-state index contributed by atoms with van der Waals surface area (Å²) in [4.78, 5) is 12.5. The van der Waals surface area contributed by atoms with Gasteiger partial charge in [-0.1, -0.05) is 30.3 Å². The number of nitrogens with zero attached hydrogens (tertiary/aromatic N) is 5. The van der Waals surface area contributed by atoms with Gasteiger partial charge in [0.25, 0.3) is 0 Å². The number of benzene rings is 2. The summed E-state index contributed by atoms with van der Waals surface area (Å²) in [5.41, 5.74) is 7.08. The molecule has 0 unspecified atom stereocenters. The van der Waals surface area contributed by atoms with Crippen molar-refractivity contribution in [1.29, 1.82) is 0 Å². The van der Waals surface area contributed by atoms with Gasteiger partial charge >= 0.3 is 0 Å². The van der Waals surface area contributed by atoms with Crippen LogP contribution in [-0.2, 0) is 0 Å². The monoisotopic (exact) mass is 362 g/mol. The molecule has 134 valence electrons. The Morgan fingerprint density at radius 1 is 0.926 bits per heavy atom. The number of hydrogen-bond acceptors (Lipinski definition) is 7. The molecule has 2 aromatic heterocycles. The molecule has 0 radical (unpaired) electrons. The largest absolute Gasteiger partial charge is 0.368 e. The first-order valence-electron chi connectivity index (χ1n) is 8.07. The van der Waals surface area contributed by atoms with Gasteiger partial charge in [-0.2, -0.15) is 9.67 Å². The SMILES string of the molecule is Nc1nc(Nc2ccccc2F)nn1-c1cc(Nc2ccccc2)ncn1. The fourth-order valence-electron chi connectivity index (χ4n) is 2.43. The van der Waals surface area contributed by atoms with E-state index in [-0.39, 0.29) is 17.6 Å². The van der Waals surface area contributed by atoms with Crippen molar-refractivity contribution in [1.82, 2.24) is 24.7 Å². The maximum atomic E-state index is 13.8. The number of aromatic nitrogens is 5. The van der Waals surface area contributed by atoms with Crippen molar-refractivity contribution >= 4 is 29.1 Å². The third-order valence-corrected chi connectivity index (χ3v) is 3.67.